The molecule has 33 heavy (non-hydrogen) atoms. The second kappa shape index (κ2) is 13.4. The van der Waals surface area contributed by atoms with E-state index in [0.29, 0.717) is 52.2 Å². The Kier molecular flexibility index (Phi) is 11.7. The van der Waals surface area contributed by atoms with Gasteiger partial charge in [0.2, 0.25) is 0 Å². The molecular formula is C21H38N4O8. The van der Waals surface area contributed by atoms with E-state index in [0.717, 1.165) is 0 Å². The fraction of sp³-hybridized carbons (Fsp3) is 0.810. The predicted octanol–water partition coefficient (Wildman–Crippen LogP) is -0.649. The maximum atomic E-state index is 11.6. The van der Waals surface area contributed by atoms with Crippen LogP contribution in [0.5, 0.6) is 0 Å². The number of carboxylic acids is 4. The minimum atomic E-state index is -1.02. The Morgan fingerprint density at radius 1 is 0.636 bits per heavy atom. The van der Waals surface area contributed by atoms with Crippen molar-refractivity contribution in [3.05, 3.63) is 0 Å². The van der Waals surface area contributed by atoms with Crippen molar-refractivity contribution in [2.45, 2.75) is 33.2 Å². The van der Waals surface area contributed by atoms with Crippen molar-refractivity contribution in [2.75, 3.05) is 72.0 Å². The second-order valence-corrected chi connectivity index (χ2v) is 9.75. The molecule has 1 aliphatic rings. The Hall–Kier alpha value is -2.28. The highest BCUT2D eigenvalue weighted by atomic mass is 16.4. The lowest BCUT2D eigenvalue weighted by Crippen LogP contribution is -2.53. The Balaban J connectivity index is 3.26. The van der Waals surface area contributed by atoms with Gasteiger partial charge < -0.3 is 20.4 Å². The lowest BCUT2D eigenvalue weighted by Gasteiger charge is -2.39. The molecule has 1 heterocycles. The molecule has 12 nitrogen and oxygen atoms in total. The first-order chi connectivity index (χ1) is 15.2. The number of carboxylic acid groups (broad SMARTS) is 4. The summed E-state index contributed by atoms with van der Waals surface area (Å²) in [5.41, 5.74) is -0.163. The van der Waals surface area contributed by atoms with Gasteiger partial charge in [0.05, 0.1) is 26.2 Å². The van der Waals surface area contributed by atoms with Gasteiger partial charge in [-0.3, -0.25) is 38.8 Å². The number of nitrogens with zero attached hydrogens (tertiary/aromatic N) is 4. The van der Waals surface area contributed by atoms with E-state index in [1.165, 1.54) is 0 Å². The van der Waals surface area contributed by atoms with Gasteiger partial charge >= 0.3 is 23.9 Å². The standard InChI is InChI=1S/C21H38N4O8/c1-21(2,3)10-16-11-24(14-19(30)31)7-6-22(12-17(26)27)4-5-23(13-18(28)29)8-9-25(16)15-20(32)33/h16H,4-15H2,1-3H3,(H,26,27)(H,28,29)(H,30,31)(H,32,33). The van der Waals surface area contributed by atoms with Crippen molar-refractivity contribution in [1.29, 1.82) is 0 Å². The maximum Gasteiger partial charge on any atom is 0.317 e. The average Bonchev–Trinajstić information content (AvgIpc) is 2.62. The lowest BCUT2D eigenvalue weighted by molar-refractivity contribution is -0.142. The summed E-state index contributed by atoms with van der Waals surface area (Å²) in [6.07, 6.45) is 0.605. The van der Waals surface area contributed by atoms with Crippen molar-refractivity contribution in [3.63, 3.8) is 0 Å². The highest BCUT2D eigenvalue weighted by Crippen LogP contribution is 2.24. The fourth-order valence-electron chi connectivity index (χ4n) is 4.06. The molecule has 0 radical (unpaired) electrons. The van der Waals surface area contributed by atoms with Gasteiger partial charge in [-0.25, -0.2) is 0 Å². The number of rotatable bonds is 9. The molecule has 0 aromatic heterocycles. The summed E-state index contributed by atoms with van der Waals surface area (Å²) in [7, 11) is 0. The van der Waals surface area contributed by atoms with Crippen LogP contribution in [0.4, 0.5) is 0 Å². The third kappa shape index (κ3) is 13.1. The summed E-state index contributed by atoms with van der Waals surface area (Å²) >= 11 is 0. The van der Waals surface area contributed by atoms with Gasteiger partial charge in [-0.15, -0.1) is 0 Å². The molecule has 12 heteroatoms. The van der Waals surface area contributed by atoms with Gasteiger partial charge in [0.1, 0.15) is 0 Å². The highest BCUT2D eigenvalue weighted by Gasteiger charge is 2.30. The normalized spacial score (nSPS) is 21.1. The van der Waals surface area contributed by atoms with Crippen LogP contribution in [0.15, 0.2) is 0 Å². The molecular weight excluding hydrogens is 436 g/mol. The van der Waals surface area contributed by atoms with Gasteiger partial charge in [-0.2, -0.15) is 0 Å². The van der Waals surface area contributed by atoms with Crippen LogP contribution in [0, 0.1) is 5.41 Å². The smallest absolute Gasteiger partial charge is 0.317 e. The molecule has 1 rings (SSSR count). The van der Waals surface area contributed by atoms with Crippen LogP contribution in [-0.4, -0.2) is 142 Å². The fourth-order valence-corrected chi connectivity index (χ4v) is 4.06. The predicted molar refractivity (Wildman–Crippen MR) is 119 cm³/mol. The van der Waals surface area contributed by atoms with E-state index >= 15 is 0 Å². The Morgan fingerprint density at radius 2 is 1.00 bits per heavy atom. The highest BCUT2D eigenvalue weighted by molar-refractivity contribution is 5.70. The first-order valence-corrected chi connectivity index (χ1v) is 11.0. The van der Waals surface area contributed by atoms with Crippen molar-refractivity contribution >= 4 is 23.9 Å². The van der Waals surface area contributed by atoms with E-state index in [1.54, 1.807) is 19.6 Å². The molecule has 0 aromatic carbocycles. The van der Waals surface area contributed by atoms with E-state index in [9.17, 15) is 39.6 Å². The summed E-state index contributed by atoms with van der Waals surface area (Å²) in [4.78, 5) is 52.6. The minimum absolute atomic E-state index is 0.163. The zero-order valence-corrected chi connectivity index (χ0v) is 19.8. The third-order valence-electron chi connectivity index (χ3n) is 5.42. The summed E-state index contributed by atoms with van der Waals surface area (Å²) < 4.78 is 0. The van der Waals surface area contributed by atoms with Crippen LogP contribution >= 0.6 is 0 Å². The zero-order valence-electron chi connectivity index (χ0n) is 19.8. The van der Waals surface area contributed by atoms with Gasteiger partial charge in [0.15, 0.2) is 0 Å². The summed E-state index contributed by atoms with van der Waals surface area (Å²) in [6.45, 7) is 7.17. The minimum Gasteiger partial charge on any atom is -0.480 e. The molecule has 1 fully saturated rings. The van der Waals surface area contributed by atoms with Crippen LogP contribution in [0.25, 0.3) is 0 Å². The van der Waals surface area contributed by atoms with E-state index < -0.39 is 23.9 Å². The molecule has 1 atom stereocenters. The Morgan fingerprint density at radius 3 is 1.39 bits per heavy atom. The van der Waals surface area contributed by atoms with Crippen LogP contribution in [0.1, 0.15) is 27.2 Å². The van der Waals surface area contributed by atoms with E-state index in [2.05, 4.69) is 0 Å². The van der Waals surface area contributed by atoms with Crippen molar-refractivity contribution in [1.82, 2.24) is 19.6 Å². The van der Waals surface area contributed by atoms with Gasteiger partial charge in [0.25, 0.3) is 0 Å². The van der Waals surface area contributed by atoms with E-state index in [-0.39, 0.29) is 37.6 Å². The van der Waals surface area contributed by atoms with Gasteiger partial charge in [-0.1, -0.05) is 20.8 Å². The SMILES string of the molecule is CC(C)(C)CC1CN(CC(=O)O)CCN(CC(=O)O)CCN(CC(=O)O)CCN1CC(=O)O. The second-order valence-electron chi connectivity index (χ2n) is 9.75. The summed E-state index contributed by atoms with van der Waals surface area (Å²) in [6, 6.07) is -0.278. The monoisotopic (exact) mass is 474 g/mol. The molecule has 1 saturated heterocycles. The molecule has 0 amide bonds. The maximum absolute atomic E-state index is 11.6. The largest absolute Gasteiger partial charge is 0.480 e. The quantitative estimate of drug-likeness (QED) is 0.335. The molecule has 0 bridgehead atoms. The van der Waals surface area contributed by atoms with Crippen LogP contribution in [0.2, 0.25) is 0 Å². The third-order valence-corrected chi connectivity index (χ3v) is 5.42. The molecule has 190 valence electrons. The van der Waals surface area contributed by atoms with Crippen molar-refractivity contribution < 1.29 is 39.6 Å². The molecule has 1 unspecified atom stereocenters. The van der Waals surface area contributed by atoms with Gasteiger partial charge in [-0.05, 0) is 11.8 Å². The van der Waals surface area contributed by atoms with Crippen LogP contribution < -0.4 is 0 Å². The van der Waals surface area contributed by atoms with Crippen LogP contribution in [-0.2, 0) is 19.2 Å². The molecule has 4 N–H and O–H groups in total. The van der Waals surface area contributed by atoms with Crippen molar-refractivity contribution in [2.24, 2.45) is 5.41 Å². The van der Waals surface area contributed by atoms with E-state index in [4.69, 9.17) is 0 Å². The molecule has 0 aliphatic carbocycles. The topological polar surface area (TPSA) is 162 Å². The van der Waals surface area contributed by atoms with Crippen molar-refractivity contribution in [3.8, 4) is 0 Å². The average molecular weight is 475 g/mol. The van der Waals surface area contributed by atoms with Gasteiger partial charge in [0, 0.05) is 51.9 Å². The van der Waals surface area contributed by atoms with Crippen LogP contribution in [0.3, 0.4) is 0 Å². The van der Waals surface area contributed by atoms with E-state index in [1.807, 2.05) is 20.8 Å². The number of aliphatic carboxylic acids is 4. The first kappa shape index (κ1) is 28.8. The summed E-state index contributed by atoms with van der Waals surface area (Å²) in [5, 5.41) is 37.4. The number of hydrogen-bond acceptors (Lipinski definition) is 8. The molecule has 1 aliphatic heterocycles. The molecule has 0 spiro atoms. The zero-order chi connectivity index (χ0) is 25.2. The lowest BCUT2D eigenvalue weighted by atomic mass is 9.87. The Labute approximate surface area is 194 Å². The first-order valence-electron chi connectivity index (χ1n) is 11.0. The Bertz CT molecular complexity index is 682. The molecule has 0 saturated carbocycles. The number of hydrogen-bond donors (Lipinski definition) is 4. The molecule has 0 aromatic rings. The summed E-state index contributed by atoms with van der Waals surface area (Å²) in [5.74, 6) is -4.06. The number of carbonyl (C=O) groups is 4.